The minimum atomic E-state index is -4.05. The van der Waals surface area contributed by atoms with Gasteiger partial charge in [-0.25, -0.2) is 18.2 Å². The molecule has 0 aromatic heterocycles. The highest BCUT2D eigenvalue weighted by Crippen LogP contribution is 2.17. The zero-order chi connectivity index (χ0) is 18.9. The normalized spacial score (nSPS) is 12.3. The molecule has 1 unspecified atom stereocenters. The first-order chi connectivity index (χ1) is 11.8. The highest BCUT2D eigenvalue weighted by atomic mass is 32.2. The molecule has 0 bridgehead atoms. The minimum Gasteiger partial charge on any atom is -0.497 e. The molecule has 1 atom stereocenters. The molecule has 1 rings (SSSR count). The van der Waals surface area contributed by atoms with Crippen molar-refractivity contribution in [1.82, 2.24) is 9.79 Å². The lowest BCUT2D eigenvalue weighted by atomic mass is 10.0. The van der Waals surface area contributed by atoms with Crippen LogP contribution < -0.4 is 9.46 Å². The van der Waals surface area contributed by atoms with Crippen LogP contribution in [0.2, 0.25) is 0 Å². The SMILES string of the molecule is CCCCCC(CN(O)C=O)C(=O)NS(=O)(=O)c1ccc(OC)cc1. The van der Waals surface area contributed by atoms with E-state index in [0.717, 1.165) is 12.8 Å². The van der Waals surface area contributed by atoms with E-state index in [2.05, 4.69) is 0 Å². The summed E-state index contributed by atoms with van der Waals surface area (Å²) in [5, 5.41) is 9.67. The lowest BCUT2D eigenvalue weighted by Crippen LogP contribution is -2.40. The van der Waals surface area contributed by atoms with E-state index in [4.69, 9.17) is 4.74 Å². The van der Waals surface area contributed by atoms with E-state index in [1.807, 2.05) is 11.6 Å². The first-order valence-corrected chi connectivity index (χ1v) is 9.44. The Labute approximate surface area is 147 Å². The second-order valence-electron chi connectivity index (χ2n) is 5.57. The number of hydrogen-bond acceptors (Lipinski definition) is 6. The molecule has 0 saturated carbocycles. The topological polar surface area (TPSA) is 113 Å². The van der Waals surface area contributed by atoms with Crippen LogP contribution in [-0.4, -0.2) is 44.7 Å². The zero-order valence-electron chi connectivity index (χ0n) is 14.3. The Morgan fingerprint density at radius 1 is 1.32 bits per heavy atom. The molecule has 1 aromatic rings. The zero-order valence-corrected chi connectivity index (χ0v) is 15.2. The summed E-state index contributed by atoms with van der Waals surface area (Å²) in [6, 6.07) is 5.59. The fourth-order valence-corrected chi connectivity index (χ4v) is 3.29. The van der Waals surface area contributed by atoms with Gasteiger partial charge in [0.2, 0.25) is 12.3 Å². The van der Waals surface area contributed by atoms with Crippen molar-refractivity contribution < 1.29 is 28.0 Å². The van der Waals surface area contributed by atoms with Crippen molar-refractivity contribution in [2.24, 2.45) is 5.92 Å². The minimum absolute atomic E-state index is 0.0785. The quantitative estimate of drug-likeness (QED) is 0.264. The maximum absolute atomic E-state index is 12.3. The molecule has 25 heavy (non-hydrogen) atoms. The molecule has 0 fully saturated rings. The van der Waals surface area contributed by atoms with Gasteiger partial charge in [-0.15, -0.1) is 0 Å². The van der Waals surface area contributed by atoms with Crippen molar-refractivity contribution >= 4 is 22.3 Å². The predicted octanol–water partition coefficient (Wildman–Crippen LogP) is 1.54. The maximum atomic E-state index is 12.3. The van der Waals surface area contributed by atoms with Gasteiger partial charge < -0.3 is 4.74 Å². The monoisotopic (exact) mass is 372 g/mol. The van der Waals surface area contributed by atoms with E-state index >= 15 is 0 Å². The van der Waals surface area contributed by atoms with E-state index in [0.29, 0.717) is 23.7 Å². The van der Waals surface area contributed by atoms with Gasteiger partial charge in [0, 0.05) is 0 Å². The first-order valence-electron chi connectivity index (χ1n) is 7.95. The number of methoxy groups -OCH3 is 1. The number of hydrogen-bond donors (Lipinski definition) is 2. The molecule has 8 nitrogen and oxygen atoms in total. The van der Waals surface area contributed by atoms with Gasteiger partial charge in [-0.05, 0) is 30.7 Å². The van der Waals surface area contributed by atoms with E-state index in [9.17, 15) is 23.2 Å². The lowest BCUT2D eigenvalue weighted by Gasteiger charge is -2.19. The Hall–Kier alpha value is -2.13. The van der Waals surface area contributed by atoms with Crippen LogP contribution in [0.15, 0.2) is 29.2 Å². The number of carbonyl (C=O) groups is 2. The first kappa shape index (κ1) is 20.9. The predicted molar refractivity (Wildman–Crippen MR) is 90.5 cm³/mol. The summed E-state index contributed by atoms with van der Waals surface area (Å²) in [4.78, 5) is 22.8. The van der Waals surface area contributed by atoms with Gasteiger partial charge in [-0.1, -0.05) is 26.2 Å². The fourth-order valence-electron chi connectivity index (χ4n) is 2.24. The largest absolute Gasteiger partial charge is 0.497 e. The maximum Gasteiger partial charge on any atom is 0.264 e. The molecule has 9 heteroatoms. The average Bonchev–Trinajstić information content (AvgIpc) is 2.60. The Morgan fingerprint density at radius 3 is 2.48 bits per heavy atom. The summed E-state index contributed by atoms with van der Waals surface area (Å²) in [7, 11) is -2.59. The number of nitrogens with zero attached hydrogens (tertiary/aromatic N) is 1. The third kappa shape index (κ3) is 6.71. The molecule has 0 aliphatic rings. The smallest absolute Gasteiger partial charge is 0.264 e. The summed E-state index contributed by atoms with van der Waals surface area (Å²) >= 11 is 0. The van der Waals surface area contributed by atoms with Gasteiger partial charge in [-0.2, -0.15) is 0 Å². The van der Waals surface area contributed by atoms with Gasteiger partial charge in [-0.3, -0.25) is 14.8 Å². The number of unbranched alkanes of at least 4 members (excludes halogenated alkanes) is 2. The molecule has 2 N–H and O–H groups in total. The molecule has 0 spiro atoms. The van der Waals surface area contributed by atoms with Crippen molar-refractivity contribution in [1.29, 1.82) is 0 Å². The van der Waals surface area contributed by atoms with Gasteiger partial charge in [0.15, 0.2) is 0 Å². The molecule has 0 aliphatic carbocycles. The molecule has 140 valence electrons. The fraction of sp³-hybridized carbons (Fsp3) is 0.500. The number of nitrogens with one attached hydrogen (secondary N) is 1. The molecular weight excluding hydrogens is 348 g/mol. The van der Waals surface area contributed by atoms with E-state index in [1.54, 1.807) is 0 Å². The molecular formula is C16H24N2O6S. The Balaban J connectivity index is 2.85. The second-order valence-corrected chi connectivity index (χ2v) is 7.25. The van der Waals surface area contributed by atoms with Crippen LogP contribution in [0, 0.1) is 5.92 Å². The summed E-state index contributed by atoms with van der Waals surface area (Å²) in [6.07, 6.45) is 3.02. The van der Waals surface area contributed by atoms with Crippen LogP contribution in [0.4, 0.5) is 0 Å². The summed E-state index contributed by atoms with van der Waals surface area (Å²) < 4.78 is 31.6. The van der Waals surface area contributed by atoms with Crippen molar-refractivity contribution in [3.8, 4) is 5.75 Å². The van der Waals surface area contributed by atoms with Crippen LogP contribution in [0.3, 0.4) is 0 Å². The van der Waals surface area contributed by atoms with Crippen LogP contribution >= 0.6 is 0 Å². The molecule has 0 heterocycles. The second kappa shape index (κ2) is 10.00. The number of benzene rings is 1. The Morgan fingerprint density at radius 2 is 1.96 bits per heavy atom. The van der Waals surface area contributed by atoms with Crippen molar-refractivity contribution in [2.75, 3.05) is 13.7 Å². The number of hydroxylamine groups is 2. The van der Waals surface area contributed by atoms with Gasteiger partial charge in [0.05, 0.1) is 24.5 Å². The highest BCUT2D eigenvalue weighted by molar-refractivity contribution is 7.90. The Kier molecular flexibility index (Phi) is 8.36. The number of ether oxygens (including phenoxy) is 1. The molecule has 1 aromatic carbocycles. The summed E-state index contributed by atoms with van der Waals surface area (Å²) in [6.45, 7) is 1.73. The third-order valence-corrected chi connectivity index (χ3v) is 5.02. The lowest BCUT2D eigenvalue weighted by molar-refractivity contribution is -0.154. The summed E-state index contributed by atoms with van der Waals surface area (Å²) in [5.74, 6) is -1.09. The van der Waals surface area contributed by atoms with Crippen molar-refractivity contribution in [2.45, 2.75) is 37.5 Å². The Bertz CT molecular complexity index is 660. The number of sulfonamides is 1. The molecule has 2 amide bonds. The molecule has 0 saturated heterocycles. The number of carbonyl (C=O) groups excluding carboxylic acids is 2. The van der Waals surface area contributed by atoms with E-state index in [-0.39, 0.29) is 17.9 Å². The number of rotatable bonds is 11. The average molecular weight is 372 g/mol. The standard InChI is InChI=1S/C16H24N2O6S/c1-3-4-5-6-13(11-18(21)12-19)16(20)17-25(22,23)15-9-7-14(24-2)8-10-15/h7-10,12-13,21H,3-6,11H2,1-2H3,(H,17,20). The van der Waals surface area contributed by atoms with Gasteiger partial charge in [0.1, 0.15) is 5.75 Å². The molecule has 0 radical (unpaired) electrons. The van der Waals surface area contributed by atoms with Crippen LogP contribution in [0.1, 0.15) is 32.6 Å². The van der Waals surface area contributed by atoms with Crippen molar-refractivity contribution in [3.05, 3.63) is 24.3 Å². The van der Waals surface area contributed by atoms with Gasteiger partial charge in [0.25, 0.3) is 10.0 Å². The molecule has 0 aliphatic heterocycles. The van der Waals surface area contributed by atoms with Crippen LogP contribution in [-0.2, 0) is 19.6 Å². The van der Waals surface area contributed by atoms with E-state index in [1.165, 1.54) is 31.4 Å². The number of amides is 2. The summed E-state index contributed by atoms with van der Waals surface area (Å²) in [5.41, 5.74) is 0. The van der Waals surface area contributed by atoms with Crippen LogP contribution in [0.25, 0.3) is 0 Å². The third-order valence-electron chi connectivity index (χ3n) is 3.66. The van der Waals surface area contributed by atoms with E-state index < -0.39 is 21.8 Å². The highest BCUT2D eigenvalue weighted by Gasteiger charge is 2.26. The van der Waals surface area contributed by atoms with Crippen molar-refractivity contribution in [3.63, 3.8) is 0 Å². The van der Waals surface area contributed by atoms with Gasteiger partial charge >= 0.3 is 0 Å². The van der Waals surface area contributed by atoms with Crippen LogP contribution in [0.5, 0.6) is 5.75 Å².